The normalized spacial score (nSPS) is 30.0. The number of nitrogens with one attached hydrogen (secondary N) is 1. The van der Waals surface area contributed by atoms with Gasteiger partial charge in [-0.3, -0.25) is 0 Å². The summed E-state index contributed by atoms with van der Waals surface area (Å²) in [6, 6.07) is 1.82. The first-order valence-electron chi connectivity index (χ1n) is 3.48. The van der Waals surface area contributed by atoms with Crippen molar-refractivity contribution in [2.75, 3.05) is 6.54 Å². The van der Waals surface area contributed by atoms with Gasteiger partial charge in [0.2, 0.25) is 0 Å². The monoisotopic (exact) mass is 137 g/mol. The van der Waals surface area contributed by atoms with Crippen molar-refractivity contribution >= 4 is 6.21 Å². The van der Waals surface area contributed by atoms with Gasteiger partial charge in [0.25, 0.3) is 0 Å². The Labute approximate surface area is 60.7 Å². The van der Waals surface area contributed by atoms with Gasteiger partial charge in [0, 0.05) is 6.54 Å². The Morgan fingerprint density at radius 3 is 3.10 bits per heavy atom. The molecule has 0 aliphatic heterocycles. The fourth-order valence-corrected chi connectivity index (χ4v) is 0.928. The standard InChI is InChI=1S/C7H11N3/c1-6-4-7(6)5-10-9-3-2-8/h3,6-7,10H,4-5H2,1H3/b9-3+. The molecule has 10 heavy (non-hydrogen) atoms. The molecule has 0 aromatic carbocycles. The van der Waals surface area contributed by atoms with Crippen LogP contribution in [0.2, 0.25) is 0 Å². The number of hydrogen-bond donors (Lipinski definition) is 1. The van der Waals surface area contributed by atoms with Crippen LogP contribution in [-0.2, 0) is 0 Å². The highest BCUT2D eigenvalue weighted by Gasteiger charge is 2.31. The van der Waals surface area contributed by atoms with Crippen molar-refractivity contribution in [3.63, 3.8) is 0 Å². The molecule has 0 radical (unpaired) electrons. The molecule has 54 valence electrons. The third-order valence-electron chi connectivity index (χ3n) is 1.84. The van der Waals surface area contributed by atoms with E-state index in [2.05, 4.69) is 17.5 Å². The summed E-state index contributed by atoms with van der Waals surface area (Å²) in [6.07, 6.45) is 2.52. The van der Waals surface area contributed by atoms with Crippen molar-refractivity contribution in [3.8, 4) is 6.07 Å². The molecule has 3 heteroatoms. The van der Waals surface area contributed by atoms with Crippen LogP contribution in [0.1, 0.15) is 13.3 Å². The van der Waals surface area contributed by atoms with Crippen LogP contribution >= 0.6 is 0 Å². The number of nitriles is 1. The first kappa shape index (κ1) is 7.07. The molecule has 1 fully saturated rings. The largest absolute Gasteiger partial charge is 0.309 e. The maximum absolute atomic E-state index is 8.06. The average Bonchev–Trinajstić information content (AvgIpc) is 2.60. The first-order chi connectivity index (χ1) is 4.84. The van der Waals surface area contributed by atoms with Crippen LogP contribution in [0.3, 0.4) is 0 Å². The second-order valence-electron chi connectivity index (χ2n) is 2.72. The molecule has 2 atom stereocenters. The molecule has 0 aromatic rings. The summed E-state index contributed by atoms with van der Waals surface area (Å²) in [4.78, 5) is 0. The summed E-state index contributed by atoms with van der Waals surface area (Å²) < 4.78 is 0. The fourth-order valence-electron chi connectivity index (χ4n) is 0.928. The van der Waals surface area contributed by atoms with Crippen molar-refractivity contribution in [1.29, 1.82) is 5.26 Å². The van der Waals surface area contributed by atoms with Crippen molar-refractivity contribution < 1.29 is 0 Å². The molecule has 1 aliphatic rings. The summed E-state index contributed by atoms with van der Waals surface area (Å²) in [5.74, 6) is 1.64. The summed E-state index contributed by atoms with van der Waals surface area (Å²) in [5, 5.41) is 11.7. The quantitative estimate of drug-likeness (QED) is 0.460. The number of rotatable bonds is 3. The van der Waals surface area contributed by atoms with Crippen molar-refractivity contribution in [2.24, 2.45) is 16.9 Å². The molecule has 0 aromatic heterocycles. The molecule has 1 aliphatic carbocycles. The summed E-state index contributed by atoms with van der Waals surface area (Å²) in [5.41, 5.74) is 2.83. The zero-order valence-electron chi connectivity index (χ0n) is 6.04. The van der Waals surface area contributed by atoms with Crippen molar-refractivity contribution in [1.82, 2.24) is 5.43 Å². The van der Waals surface area contributed by atoms with Crippen LogP contribution in [0.15, 0.2) is 5.10 Å². The number of hydrogen-bond acceptors (Lipinski definition) is 3. The lowest BCUT2D eigenvalue weighted by Gasteiger charge is -1.93. The maximum atomic E-state index is 8.06. The Balaban J connectivity index is 1.97. The predicted molar refractivity (Wildman–Crippen MR) is 39.4 cm³/mol. The second-order valence-corrected chi connectivity index (χ2v) is 2.72. The Bertz CT molecular complexity index is 168. The molecule has 3 nitrogen and oxygen atoms in total. The van der Waals surface area contributed by atoms with Gasteiger partial charge in [-0.25, -0.2) is 0 Å². The van der Waals surface area contributed by atoms with E-state index in [9.17, 15) is 0 Å². The summed E-state index contributed by atoms with van der Waals surface area (Å²) in [6.45, 7) is 3.14. The van der Waals surface area contributed by atoms with Gasteiger partial charge in [-0.15, -0.1) is 0 Å². The van der Waals surface area contributed by atoms with Crippen LogP contribution in [0.5, 0.6) is 0 Å². The third-order valence-corrected chi connectivity index (χ3v) is 1.84. The van der Waals surface area contributed by atoms with Crippen molar-refractivity contribution in [3.05, 3.63) is 0 Å². The summed E-state index contributed by atoms with van der Waals surface area (Å²) >= 11 is 0. The highest BCUT2D eigenvalue weighted by Crippen LogP contribution is 2.36. The van der Waals surface area contributed by atoms with Gasteiger partial charge in [-0.05, 0) is 18.3 Å². The van der Waals surface area contributed by atoms with Gasteiger partial charge in [0.05, 0.1) is 0 Å². The van der Waals surface area contributed by atoms with E-state index in [1.54, 1.807) is 0 Å². The Kier molecular flexibility index (Phi) is 2.27. The molecule has 0 saturated heterocycles. The SMILES string of the molecule is CC1CC1CN/N=C/C#N. The lowest BCUT2D eigenvalue weighted by atomic mass is 10.3. The third kappa shape index (κ3) is 2.06. The molecular weight excluding hydrogens is 126 g/mol. The van der Waals surface area contributed by atoms with E-state index in [1.807, 2.05) is 6.07 Å². The topological polar surface area (TPSA) is 48.2 Å². The molecule has 0 spiro atoms. The van der Waals surface area contributed by atoms with Crippen LogP contribution in [0.4, 0.5) is 0 Å². The molecular formula is C7H11N3. The van der Waals surface area contributed by atoms with E-state index in [0.717, 1.165) is 18.4 Å². The molecule has 0 heterocycles. The second kappa shape index (κ2) is 3.21. The van der Waals surface area contributed by atoms with Crippen molar-refractivity contribution in [2.45, 2.75) is 13.3 Å². The molecule has 1 saturated carbocycles. The van der Waals surface area contributed by atoms with E-state index in [4.69, 9.17) is 5.26 Å². The zero-order chi connectivity index (χ0) is 7.40. The molecule has 2 unspecified atom stereocenters. The average molecular weight is 137 g/mol. The number of nitrogens with zero attached hydrogens (tertiary/aromatic N) is 2. The Morgan fingerprint density at radius 1 is 1.90 bits per heavy atom. The maximum Gasteiger partial charge on any atom is 0.124 e. The van der Waals surface area contributed by atoms with Gasteiger partial charge >= 0.3 is 0 Å². The first-order valence-corrected chi connectivity index (χ1v) is 3.48. The van der Waals surface area contributed by atoms with Gasteiger partial charge in [0.15, 0.2) is 0 Å². The molecule has 1 N–H and O–H groups in total. The minimum Gasteiger partial charge on any atom is -0.309 e. The summed E-state index contributed by atoms with van der Waals surface area (Å²) in [7, 11) is 0. The Morgan fingerprint density at radius 2 is 2.60 bits per heavy atom. The van der Waals surface area contributed by atoms with Crippen LogP contribution in [0.25, 0.3) is 0 Å². The lowest BCUT2D eigenvalue weighted by molar-refractivity contribution is 0.640. The Hall–Kier alpha value is -1.04. The molecule has 0 bridgehead atoms. The van der Waals surface area contributed by atoms with Gasteiger partial charge in [-0.2, -0.15) is 10.4 Å². The van der Waals surface area contributed by atoms with E-state index in [-0.39, 0.29) is 0 Å². The lowest BCUT2D eigenvalue weighted by Crippen LogP contribution is -2.09. The number of hydrazone groups is 1. The predicted octanol–water partition coefficient (Wildman–Crippen LogP) is 0.741. The van der Waals surface area contributed by atoms with Gasteiger partial charge in [0.1, 0.15) is 12.3 Å². The zero-order valence-corrected chi connectivity index (χ0v) is 6.04. The fraction of sp³-hybridized carbons (Fsp3) is 0.714. The van der Waals surface area contributed by atoms with Crippen LogP contribution in [-0.4, -0.2) is 12.8 Å². The van der Waals surface area contributed by atoms with E-state index < -0.39 is 0 Å². The molecule has 1 rings (SSSR count). The van der Waals surface area contributed by atoms with Crippen LogP contribution < -0.4 is 5.43 Å². The smallest absolute Gasteiger partial charge is 0.124 e. The van der Waals surface area contributed by atoms with Gasteiger partial charge in [-0.1, -0.05) is 6.92 Å². The minimum absolute atomic E-state index is 0.788. The minimum atomic E-state index is 0.788. The van der Waals surface area contributed by atoms with E-state index >= 15 is 0 Å². The molecule has 0 amide bonds. The van der Waals surface area contributed by atoms with E-state index in [1.165, 1.54) is 12.6 Å². The van der Waals surface area contributed by atoms with E-state index in [0.29, 0.717) is 0 Å². The highest BCUT2D eigenvalue weighted by molar-refractivity contribution is 5.74. The van der Waals surface area contributed by atoms with Gasteiger partial charge < -0.3 is 5.43 Å². The van der Waals surface area contributed by atoms with Crippen LogP contribution in [0, 0.1) is 23.2 Å². The highest BCUT2D eigenvalue weighted by atomic mass is 15.3.